The second kappa shape index (κ2) is 13.0. The maximum absolute atomic E-state index is 12.5. The Bertz CT molecular complexity index is 1180. The molecule has 176 valence electrons. The Morgan fingerprint density at radius 3 is 2.06 bits per heavy atom. The lowest BCUT2D eigenvalue weighted by atomic mass is 10.1. The molecule has 0 unspecified atom stereocenters. The van der Waals surface area contributed by atoms with E-state index in [0.29, 0.717) is 34.1 Å². The first kappa shape index (κ1) is 25.6. The summed E-state index contributed by atoms with van der Waals surface area (Å²) in [6.07, 6.45) is 5.63. The van der Waals surface area contributed by atoms with E-state index in [1.54, 1.807) is 36.4 Å². The van der Waals surface area contributed by atoms with Gasteiger partial charge in [0.15, 0.2) is 41.8 Å². The van der Waals surface area contributed by atoms with Crippen LogP contribution in [0.5, 0.6) is 23.0 Å². The van der Waals surface area contributed by atoms with Crippen LogP contribution in [0.4, 0.5) is 0 Å². The molecular formula is C24H23N3O7. The quantitative estimate of drug-likeness (QED) is 0.0553. The van der Waals surface area contributed by atoms with Crippen LogP contribution in [0.2, 0.25) is 0 Å². The monoisotopic (exact) mass is 465 g/mol. The van der Waals surface area contributed by atoms with Crippen LogP contribution in [0.15, 0.2) is 65.0 Å². The van der Waals surface area contributed by atoms with Crippen molar-refractivity contribution in [2.24, 2.45) is 5.11 Å². The Labute approximate surface area is 196 Å². The van der Waals surface area contributed by atoms with Gasteiger partial charge in [-0.2, -0.15) is 0 Å². The lowest BCUT2D eigenvalue weighted by molar-refractivity contribution is -0.114. The highest BCUT2D eigenvalue weighted by molar-refractivity contribution is 6.19. The summed E-state index contributed by atoms with van der Waals surface area (Å²) in [6, 6.07) is 9.92. The maximum Gasteiger partial charge on any atom is 0.192 e. The summed E-state index contributed by atoms with van der Waals surface area (Å²) >= 11 is 0. The molecule has 0 radical (unpaired) electrons. The summed E-state index contributed by atoms with van der Waals surface area (Å²) in [5.74, 6) is 0.548. The number of aliphatic hydroxyl groups excluding tert-OH is 1. The van der Waals surface area contributed by atoms with E-state index in [4.69, 9.17) is 24.5 Å². The number of benzene rings is 2. The third kappa shape index (κ3) is 6.91. The average molecular weight is 465 g/mol. The number of carbonyl (C=O) groups excluding carboxylic acids is 2. The Hall–Kier alpha value is -4.69. The number of aliphatic hydroxyl groups is 1. The Morgan fingerprint density at radius 1 is 0.941 bits per heavy atom. The first-order chi connectivity index (χ1) is 16.5. The van der Waals surface area contributed by atoms with Gasteiger partial charge in [0.05, 0.1) is 21.3 Å². The predicted octanol–water partition coefficient (Wildman–Crippen LogP) is 4.67. The summed E-state index contributed by atoms with van der Waals surface area (Å²) in [7, 11) is 4.46. The molecule has 0 saturated carbocycles. The number of nitrogens with zero attached hydrogens (tertiary/aromatic N) is 3. The fourth-order valence-corrected chi connectivity index (χ4v) is 2.76. The van der Waals surface area contributed by atoms with Gasteiger partial charge in [-0.15, -0.1) is 0 Å². The molecule has 0 amide bonds. The molecule has 10 nitrogen and oxygen atoms in total. The second-order valence-corrected chi connectivity index (χ2v) is 6.48. The molecular weight excluding hydrogens is 442 g/mol. The number of aldehydes is 1. The van der Waals surface area contributed by atoms with Crippen molar-refractivity contribution in [2.75, 3.05) is 28.1 Å². The Balaban J connectivity index is 2.22. The molecule has 0 atom stereocenters. The molecule has 0 aliphatic carbocycles. The van der Waals surface area contributed by atoms with E-state index in [0.717, 1.165) is 6.08 Å². The van der Waals surface area contributed by atoms with Crippen molar-refractivity contribution in [2.45, 2.75) is 0 Å². The number of hydrogen-bond acceptors (Lipinski definition) is 8. The summed E-state index contributed by atoms with van der Waals surface area (Å²) in [5.41, 5.74) is 9.16. The minimum absolute atomic E-state index is 0.239. The molecule has 0 heterocycles. The van der Waals surface area contributed by atoms with E-state index in [2.05, 4.69) is 10.0 Å². The number of carbonyl (C=O) groups is 2. The molecule has 0 aromatic heterocycles. The third-order valence-corrected chi connectivity index (χ3v) is 4.46. The van der Waals surface area contributed by atoms with Gasteiger partial charge in [-0.25, -0.2) is 0 Å². The fraction of sp³-hybridized carbons (Fsp3) is 0.167. The number of ether oxygens (including phenoxy) is 4. The number of azide groups is 1. The van der Waals surface area contributed by atoms with Crippen molar-refractivity contribution < 1.29 is 33.6 Å². The molecule has 2 aromatic rings. The molecule has 2 rings (SSSR count). The van der Waals surface area contributed by atoms with Crippen LogP contribution >= 0.6 is 0 Å². The lowest BCUT2D eigenvalue weighted by Crippen LogP contribution is -2.03. The highest BCUT2D eigenvalue weighted by atomic mass is 16.5. The SMILES string of the molecule is COc1ccc(/C=C/C(O)=C(\C=O)C(=O)/C=C/c2ccc(OC)c(OCN=[N+]=[N-])c2)cc1OC. The van der Waals surface area contributed by atoms with E-state index in [-0.39, 0.29) is 13.0 Å². The van der Waals surface area contributed by atoms with E-state index in [1.807, 2.05) is 0 Å². The molecule has 0 bridgehead atoms. The normalized spacial score (nSPS) is 11.5. The molecule has 0 aliphatic rings. The van der Waals surface area contributed by atoms with E-state index in [9.17, 15) is 14.7 Å². The van der Waals surface area contributed by atoms with Gasteiger partial charge in [0.25, 0.3) is 0 Å². The molecule has 0 spiro atoms. The van der Waals surface area contributed by atoms with Crippen molar-refractivity contribution >= 4 is 24.2 Å². The molecule has 0 fully saturated rings. The number of methoxy groups -OCH3 is 3. The summed E-state index contributed by atoms with van der Waals surface area (Å²) in [5, 5.41) is 13.6. The first-order valence-corrected chi connectivity index (χ1v) is 9.80. The van der Waals surface area contributed by atoms with Crippen molar-refractivity contribution in [3.05, 3.63) is 81.5 Å². The number of rotatable bonds is 12. The molecule has 1 N–H and O–H groups in total. The van der Waals surface area contributed by atoms with Gasteiger partial charge < -0.3 is 24.1 Å². The van der Waals surface area contributed by atoms with Gasteiger partial charge in [0, 0.05) is 4.91 Å². The fourth-order valence-electron chi connectivity index (χ4n) is 2.76. The topological polar surface area (TPSA) is 140 Å². The van der Waals surface area contributed by atoms with Gasteiger partial charge in [-0.05, 0) is 53.1 Å². The zero-order chi connectivity index (χ0) is 24.9. The van der Waals surface area contributed by atoms with Crippen molar-refractivity contribution in [1.82, 2.24) is 0 Å². The van der Waals surface area contributed by atoms with Crippen LogP contribution < -0.4 is 18.9 Å². The van der Waals surface area contributed by atoms with E-state index < -0.39 is 17.1 Å². The first-order valence-electron chi connectivity index (χ1n) is 9.80. The summed E-state index contributed by atoms with van der Waals surface area (Å²) in [4.78, 5) is 26.6. The smallest absolute Gasteiger partial charge is 0.192 e. The molecule has 0 saturated heterocycles. The molecule has 10 heteroatoms. The maximum atomic E-state index is 12.5. The number of allylic oxidation sites excluding steroid dienone is 3. The van der Waals surface area contributed by atoms with Crippen LogP contribution in [-0.2, 0) is 9.59 Å². The minimum Gasteiger partial charge on any atom is -0.507 e. The van der Waals surface area contributed by atoms with Crippen LogP contribution in [0, 0.1) is 0 Å². The summed E-state index contributed by atoms with van der Waals surface area (Å²) in [6.45, 7) is -0.239. The van der Waals surface area contributed by atoms with Gasteiger partial charge in [-0.3, -0.25) is 9.59 Å². The van der Waals surface area contributed by atoms with Crippen molar-refractivity contribution in [3.8, 4) is 23.0 Å². The lowest BCUT2D eigenvalue weighted by Gasteiger charge is -2.09. The minimum atomic E-state index is -0.697. The highest BCUT2D eigenvalue weighted by Gasteiger charge is 2.11. The van der Waals surface area contributed by atoms with Gasteiger partial charge in [-0.1, -0.05) is 29.4 Å². The molecule has 2 aromatic carbocycles. The largest absolute Gasteiger partial charge is 0.507 e. The summed E-state index contributed by atoms with van der Waals surface area (Å²) < 4.78 is 20.9. The zero-order valence-corrected chi connectivity index (χ0v) is 18.8. The van der Waals surface area contributed by atoms with E-state index in [1.165, 1.54) is 39.6 Å². The van der Waals surface area contributed by atoms with Crippen LogP contribution in [0.1, 0.15) is 11.1 Å². The Morgan fingerprint density at radius 2 is 1.50 bits per heavy atom. The van der Waals surface area contributed by atoms with Crippen LogP contribution in [-0.4, -0.2) is 45.2 Å². The third-order valence-electron chi connectivity index (χ3n) is 4.46. The van der Waals surface area contributed by atoms with Crippen LogP contribution in [0.3, 0.4) is 0 Å². The highest BCUT2D eigenvalue weighted by Crippen LogP contribution is 2.29. The van der Waals surface area contributed by atoms with Gasteiger partial charge in [0.2, 0.25) is 0 Å². The van der Waals surface area contributed by atoms with Crippen molar-refractivity contribution in [1.29, 1.82) is 0 Å². The molecule has 0 aliphatic heterocycles. The number of hydrogen-bond donors (Lipinski definition) is 1. The number of ketones is 1. The van der Waals surface area contributed by atoms with Crippen molar-refractivity contribution in [3.63, 3.8) is 0 Å². The average Bonchev–Trinajstić information content (AvgIpc) is 2.86. The Kier molecular flexibility index (Phi) is 9.77. The predicted molar refractivity (Wildman–Crippen MR) is 126 cm³/mol. The standard InChI is InChI=1S/C24H23N3O7/c1-31-21-10-6-16(12-23(21)33-3)4-8-19(29)18(14-28)20(30)9-5-17-7-11-22(32-2)24(13-17)34-15-26-27-25/h4-14,29H,15H2,1-3H3/b8-4+,9-5+,19-18-. The van der Waals surface area contributed by atoms with E-state index >= 15 is 0 Å². The van der Waals surface area contributed by atoms with Crippen LogP contribution in [0.25, 0.3) is 22.6 Å². The molecule has 34 heavy (non-hydrogen) atoms. The zero-order valence-electron chi connectivity index (χ0n) is 18.8. The van der Waals surface area contributed by atoms with Gasteiger partial charge >= 0.3 is 0 Å². The van der Waals surface area contributed by atoms with Gasteiger partial charge in [0.1, 0.15) is 11.3 Å². The second-order valence-electron chi connectivity index (χ2n) is 6.48.